The summed E-state index contributed by atoms with van der Waals surface area (Å²) >= 11 is 3.41. The van der Waals surface area contributed by atoms with Gasteiger partial charge in [-0.3, -0.25) is 9.69 Å². The minimum absolute atomic E-state index is 0.132. The van der Waals surface area contributed by atoms with E-state index in [1.54, 1.807) is 0 Å². The number of amides is 1. The van der Waals surface area contributed by atoms with Crippen molar-refractivity contribution in [2.24, 2.45) is 5.92 Å². The molecule has 0 bridgehead atoms. The molecule has 3 nitrogen and oxygen atoms in total. The van der Waals surface area contributed by atoms with Crippen LogP contribution < -0.4 is 5.32 Å². The van der Waals surface area contributed by atoms with Crippen molar-refractivity contribution in [2.45, 2.75) is 25.4 Å². The molecule has 2 saturated heterocycles. The van der Waals surface area contributed by atoms with Crippen LogP contribution in [0.1, 0.15) is 18.4 Å². The van der Waals surface area contributed by atoms with E-state index in [0.29, 0.717) is 6.04 Å². The van der Waals surface area contributed by atoms with Crippen molar-refractivity contribution in [1.82, 2.24) is 10.2 Å². The smallest absolute Gasteiger partial charge is 0.224 e. The number of fused-ring (bicyclic) bond motifs is 1. The maximum Gasteiger partial charge on any atom is 0.224 e. The van der Waals surface area contributed by atoms with Crippen LogP contribution in [0, 0.1) is 11.7 Å². The van der Waals surface area contributed by atoms with E-state index in [1.165, 1.54) is 12.1 Å². The maximum absolute atomic E-state index is 13.1. The van der Waals surface area contributed by atoms with Crippen LogP contribution in [0.25, 0.3) is 0 Å². The van der Waals surface area contributed by atoms with Gasteiger partial charge in [0.15, 0.2) is 0 Å². The minimum atomic E-state index is -0.232. The molecule has 2 unspecified atom stereocenters. The standard InChI is InChI=1S/C14H16BrFN2O/c15-12-6-10(16)4-3-9(12)8-18-5-1-2-11-13(18)7-17-14(11)19/h3-4,6,11,13H,1-2,5,7-8H2,(H,17,19). The Kier molecular flexibility index (Phi) is 3.58. The molecular formula is C14H16BrFN2O. The highest BCUT2D eigenvalue weighted by Gasteiger charge is 2.40. The number of halogens is 2. The topological polar surface area (TPSA) is 32.3 Å². The van der Waals surface area contributed by atoms with Crippen molar-refractivity contribution >= 4 is 21.8 Å². The summed E-state index contributed by atoms with van der Waals surface area (Å²) in [6, 6.07) is 5.08. The summed E-state index contributed by atoms with van der Waals surface area (Å²) in [5.41, 5.74) is 1.07. The van der Waals surface area contributed by atoms with Gasteiger partial charge >= 0.3 is 0 Å². The van der Waals surface area contributed by atoms with E-state index >= 15 is 0 Å². The van der Waals surface area contributed by atoms with E-state index < -0.39 is 0 Å². The number of nitrogens with zero attached hydrogens (tertiary/aromatic N) is 1. The first-order valence-electron chi connectivity index (χ1n) is 6.61. The number of carbonyl (C=O) groups is 1. The van der Waals surface area contributed by atoms with Gasteiger partial charge in [-0.2, -0.15) is 0 Å². The Bertz CT molecular complexity index is 508. The van der Waals surface area contributed by atoms with Crippen molar-refractivity contribution in [1.29, 1.82) is 0 Å². The number of piperidine rings is 1. The minimum Gasteiger partial charge on any atom is -0.354 e. The van der Waals surface area contributed by atoms with Gasteiger partial charge in [0, 0.05) is 23.6 Å². The first-order valence-corrected chi connectivity index (χ1v) is 7.40. The molecule has 0 aliphatic carbocycles. The van der Waals surface area contributed by atoms with Crippen molar-refractivity contribution in [2.75, 3.05) is 13.1 Å². The summed E-state index contributed by atoms with van der Waals surface area (Å²) in [6.07, 6.45) is 2.03. The van der Waals surface area contributed by atoms with Gasteiger partial charge in [-0.15, -0.1) is 0 Å². The first kappa shape index (κ1) is 13.1. The van der Waals surface area contributed by atoms with Crippen molar-refractivity contribution in [3.63, 3.8) is 0 Å². The zero-order valence-corrected chi connectivity index (χ0v) is 12.1. The molecule has 0 radical (unpaired) electrons. The molecule has 2 aliphatic heterocycles. The zero-order chi connectivity index (χ0) is 13.4. The number of hydrogen-bond donors (Lipinski definition) is 1. The fraction of sp³-hybridized carbons (Fsp3) is 0.500. The van der Waals surface area contributed by atoms with Gasteiger partial charge in [-0.25, -0.2) is 4.39 Å². The summed E-state index contributed by atoms with van der Waals surface area (Å²) in [5, 5.41) is 2.95. The quantitative estimate of drug-likeness (QED) is 0.904. The van der Waals surface area contributed by atoms with Crippen LogP contribution in [-0.2, 0) is 11.3 Å². The lowest BCUT2D eigenvalue weighted by Crippen LogP contribution is -2.44. The predicted molar refractivity (Wildman–Crippen MR) is 74.0 cm³/mol. The highest BCUT2D eigenvalue weighted by atomic mass is 79.9. The Hall–Kier alpha value is -0.940. The normalized spacial score (nSPS) is 27.2. The van der Waals surface area contributed by atoms with E-state index in [-0.39, 0.29) is 17.6 Å². The SMILES string of the molecule is O=C1NCC2C1CCCN2Cc1ccc(F)cc1Br. The third kappa shape index (κ3) is 2.54. The molecule has 2 heterocycles. The van der Waals surface area contributed by atoms with Crippen molar-refractivity contribution in [3.05, 3.63) is 34.1 Å². The Morgan fingerprint density at radius 1 is 1.47 bits per heavy atom. The van der Waals surface area contributed by atoms with Gasteiger partial charge in [0.2, 0.25) is 5.91 Å². The summed E-state index contributed by atoms with van der Waals surface area (Å²) in [5.74, 6) is 0.0886. The monoisotopic (exact) mass is 326 g/mol. The maximum atomic E-state index is 13.1. The van der Waals surface area contributed by atoms with Crippen LogP contribution in [0.5, 0.6) is 0 Å². The summed E-state index contributed by atoms with van der Waals surface area (Å²) in [7, 11) is 0. The van der Waals surface area contributed by atoms with E-state index in [0.717, 1.165) is 42.5 Å². The lowest BCUT2D eigenvalue weighted by Gasteiger charge is -2.36. The van der Waals surface area contributed by atoms with Crippen LogP contribution in [0.4, 0.5) is 4.39 Å². The van der Waals surface area contributed by atoms with E-state index in [9.17, 15) is 9.18 Å². The largest absolute Gasteiger partial charge is 0.354 e. The molecule has 0 spiro atoms. The van der Waals surface area contributed by atoms with Gasteiger partial charge in [-0.05, 0) is 37.1 Å². The Morgan fingerprint density at radius 3 is 3.11 bits per heavy atom. The Labute approximate surface area is 120 Å². The lowest BCUT2D eigenvalue weighted by atomic mass is 9.91. The molecule has 1 N–H and O–H groups in total. The molecule has 0 saturated carbocycles. The fourth-order valence-electron chi connectivity index (χ4n) is 3.11. The Balaban J connectivity index is 1.77. The Morgan fingerprint density at radius 2 is 2.32 bits per heavy atom. The number of nitrogens with one attached hydrogen (secondary N) is 1. The molecule has 0 aromatic heterocycles. The second-order valence-electron chi connectivity index (χ2n) is 5.27. The predicted octanol–water partition coefficient (Wildman–Crippen LogP) is 2.30. The van der Waals surface area contributed by atoms with Gasteiger partial charge in [0.05, 0.1) is 5.92 Å². The van der Waals surface area contributed by atoms with Crippen LogP contribution in [0.3, 0.4) is 0 Å². The van der Waals surface area contributed by atoms with E-state index in [2.05, 4.69) is 26.1 Å². The van der Waals surface area contributed by atoms with E-state index in [1.807, 2.05) is 6.07 Å². The van der Waals surface area contributed by atoms with Gasteiger partial charge < -0.3 is 5.32 Å². The average molecular weight is 327 g/mol. The van der Waals surface area contributed by atoms with Gasteiger partial charge in [-0.1, -0.05) is 22.0 Å². The first-order chi connectivity index (χ1) is 9.15. The van der Waals surface area contributed by atoms with Crippen LogP contribution in [-0.4, -0.2) is 29.9 Å². The molecule has 102 valence electrons. The molecule has 2 atom stereocenters. The van der Waals surface area contributed by atoms with Crippen molar-refractivity contribution < 1.29 is 9.18 Å². The van der Waals surface area contributed by atoms with Gasteiger partial charge in [0.1, 0.15) is 5.82 Å². The summed E-state index contributed by atoms with van der Waals surface area (Å²) < 4.78 is 13.9. The highest BCUT2D eigenvalue weighted by molar-refractivity contribution is 9.10. The number of rotatable bonds is 2. The summed E-state index contributed by atoms with van der Waals surface area (Å²) in [6.45, 7) is 2.50. The molecule has 1 aromatic carbocycles. The third-order valence-electron chi connectivity index (χ3n) is 4.10. The number of carbonyl (C=O) groups excluding carboxylic acids is 1. The van der Waals surface area contributed by atoms with Crippen LogP contribution >= 0.6 is 15.9 Å². The average Bonchev–Trinajstić information content (AvgIpc) is 2.76. The van der Waals surface area contributed by atoms with Crippen LogP contribution in [0.15, 0.2) is 22.7 Å². The second-order valence-corrected chi connectivity index (χ2v) is 6.12. The molecule has 2 fully saturated rings. The number of benzene rings is 1. The summed E-state index contributed by atoms with van der Waals surface area (Å²) in [4.78, 5) is 14.1. The highest BCUT2D eigenvalue weighted by Crippen LogP contribution is 2.30. The van der Waals surface area contributed by atoms with Gasteiger partial charge in [0.25, 0.3) is 0 Å². The molecular weight excluding hydrogens is 311 g/mol. The molecule has 19 heavy (non-hydrogen) atoms. The fourth-order valence-corrected chi connectivity index (χ4v) is 3.58. The van der Waals surface area contributed by atoms with Crippen LogP contribution in [0.2, 0.25) is 0 Å². The second kappa shape index (κ2) is 5.21. The zero-order valence-electron chi connectivity index (χ0n) is 10.5. The number of likely N-dealkylation sites (tertiary alicyclic amines) is 1. The van der Waals surface area contributed by atoms with E-state index in [4.69, 9.17) is 0 Å². The molecule has 1 amide bonds. The molecule has 5 heteroatoms. The molecule has 3 rings (SSSR count). The third-order valence-corrected chi connectivity index (χ3v) is 4.84. The molecule has 1 aromatic rings. The molecule has 2 aliphatic rings. The lowest BCUT2D eigenvalue weighted by molar-refractivity contribution is -0.124. The van der Waals surface area contributed by atoms with Crippen molar-refractivity contribution in [3.8, 4) is 0 Å². The number of hydrogen-bond acceptors (Lipinski definition) is 2.